The molecule has 3 aromatic carbocycles. The second-order valence-corrected chi connectivity index (χ2v) is 10.1. The average Bonchev–Trinajstić information content (AvgIpc) is 3.00. The molecule has 0 bridgehead atoms. The van der Waals surface area contributed by atoms with Crippen molar-refractivity contribution in [1.82, 2.24) is 9.80 Å². The minimum Gasteiger partial charge on any atom is -0.495 e. The largest absolute Gasteiger partial charge is 0.495 e. The smallest absolute Gasteiger partial charge is 0.254 e. The van der Waals surface area contributed by atoms with Gasteiger partial charge in [0.15, 0.2) is 11.5 Å². The van der Waals surface area contributed by atoms with Crippen LogP contribution in [-0.2, 0) is 11.2 Å². The minimum absolute atomic E-state index is 0.0300. The normalized spacial score (nSPS) is 20.1. The van der Waals surface area contributed by atoms with E-state index in [1.165, 1.54) is 5.56 Å². The number of nitrogens with zero attached hydrogens (tertiary/aromatic N) is 3. The van der Waals surface area contributed by atoms with Crippen molar-refractivity contribution in [3.8, 4) is 17.2 Å². The van der Waals surface area contributed by atoms with Crippen molar-refractivity contribution in [2.45, 2.75) is 18.4 Å². The van der Waals surface area contributed by atoms with Crippen LogP contribution in [0.15, 0.2) is 60.7 Å². The lowest BCUT2D eigenvalue weighted by Gasteiger charge is -2.47. The Bertz CT molecular complexity index is 1420. The molecule has 6 rings (SSSR count). The van der Waals surface area contributed by atoms with Gasteiger partial charge < -0.3 is 28.9 Å². The van der Waals surface area contributed by atoms with Crippen molar-refractivity contribution in [1.29, 1.82) is 0 Å². The summed E-state index contributed by atoms with van der Waals surface area (Å²) in [6.45, 7) is 3.12. The highest BCUT2D eigenvalue weighted by Crippen LogP contribution is 2.49. The summed E-state index contributed by atoms with van der Waals surface area (Å²) in [7, 11) is 4.81. The first-order valence-electron chi connectivity index (χ1n) is 13.4. The molecule has 3 aliphatic rings. The zero-order chi connectivity index (χ0) is 27.1. The van der Waals surface area contributed by atoms with Gasteiger partial charge in [-0.25, -0.2) is 0 Å². The van der Waals surface area contributed by atoms with Gasteiger partial charge in [-0.3, -0.25) is 9.59 Å². The van der Waals surface area contributed by atoms with Gasteiger partial charge in [0.05, 0.1) is 39.0 Å². The molecular weight excluding hydrogens is 494 g/mol. The first-order chi connectivity index (χ1) is 19.0. The van der Waals surface area contributed by atoms with E-state index in [2.05, 4.69) is 23.1 Å². The zero-order valence-electron chi connectivity index (χ0n) is 22.6. The van der Waals surface area contributed by atoms with Crippen molar-refractivity contribution in [3.05, 3.63) is 82.9 Å². The molecule has 0 N–H and O–H groups in total. The Balaban J connectivity index is 1.38. The molecule has 8 nitrogen and oxygen atoms in total. The fourth-order valence-electron chi connectivity index (χ4n) is 6.37. The van der Waals surface area contributed by atoms with Crippen LogP contribution in [0.25, 0.3) is 0 Å². The van der Waals surface area contributed by atoms with Gasteiger partial charge in [-0.2, -0.15) is 0 Å². The Kier molecular flexibility index (Phi) is 6.54. The molecule has 2 amide bonds. The molecule has 202 valence electrons. The fraction of sp³-hybridized carbons (Fsp3) is 0.355. The summed E-state index contributed by atoms with van der Waals surface area (Å²) >= 11 is 0. The number of hydrogen-bond acceptors (Lipinski definition) is 6. The van der Waals surface area contributed by atoms with Crippen LogP contribution in [-0.4, -0.2) is 75.7 Å². The lowest BCUT2D eigenvalue weighted by atomic mass is 9.75. The van der Waals surface area contributed by atoms with Crippen molar-refractivity contribution >= 4 is 17.5 Å². The van der Waals surface area contributed by atoms with Crippen LogP contribution in [0.1, 0.15) is 39.0 Å². The van der Waals surface area contributed by atoms with Crippen LogP contribution in [0.5, 0.6) is 17.2 Å². The number of fused-ring (bicyclic) bond motifs is 4. The SMILES string of the molecule is COc1cc2c(cc1OC)[C@@H](C(=O)N1CCN(c3ccccc3OC)CC1)[C@H]1c3ccccc3CCN1C2=O. The summed E-state index contributed by atoms with van der Waals surface area (Å²) in [5.41, 5.74) is 4.48. The van der Waals surface area contributed by atoms with E-state index >= 15 is 0 Å². The van der Waals surface area contributed by atoms with Gasteiger partial charge >= 0.3 is 0 Å². The Hall–Kier alpha value is -4.20. The molecule has 1 fully saturated rings. The zero-order valence-corrected chi connectivity index (χ0v) is 22.6. The van der Waals surface area contributed by atoms with Crippen LogP contribution in [0.2, 0.25) is 0 Å². The first kappa shape index (κ1) is 25.1. The Labute approximate surface area is 228 Å². The van der Waals surface area contributed by atoms with Gasteiger partial charge in [-0.05, 0) is 47.4 Å². The third-order valence-corrected chi connectivity index (χ3v) is 8.31. The highest BCUT2D eigenvalue weighted by atomic mass is 16.5. The van der Waals surface area contributed by atoms with E-state index in [4.69, 9.17) is 14.2 Å². The summed E-state index contributed by atoms with van der Waals surface area (Å²) in [6, 6.07) is 19.3. The third-order valence-electron chi connectivity index (χ3n) is 8.31. The second-order valence-electron chi connectivity index (χ2n) is 10.1. The number of rotatable bonds is 5. The molecule has 3 heterocycles. The van der Waals surface area contributed by atoms with Crippen LogP contribution >= 0.6 is 0 Å². The number of ether oxygens (including phenoxy) is 3. The molecule has 0 aliphatic carbocycles. The van der Waals surface area contributed by atoms with E-state index in [0.717, 1.165) is 23.4 Å². The van der Waals surface area contributed by atoms with E-state index in [-0.39, 0.29) is 17.9 Å². The number of piperazine rings is 1. The molecule has 3 aromatic rings. The van der Waals surface area contributed by atoms with Crippen LogP contribution in [0.4, 0.5) is 5.69 Å². The Morgan fingerprint density at radius 1 is 0.769 bits per heavy atom. The van der Waals surface area contributed by atoms with Gasteiger partial charge in [0.1, 0.15) is 5.75 Å². The van der Waals surface area contributed by atoms with E-state index in [1.807, 2.05) is 46.2 Å². The van der Waals surface area contributed by atoms with Gasteiger partial charge in [0.2, 0.25) is 5.91 Å². The predicted molar refractivity (Wildman–Crippen MR) is 148 cm³/mol. The highest BCUT2D eigenvalue weighted by Gasteiger charge is 2.48. The molecule has 0 saturated carbocycles. The van der Waals surface area contributed by atoms with Crippen molar-refractivity contribution in [2.24, 2.45) is 0 Å². The van der Waals surface area contributed by atoms with Crippen LogP contribution < -0.4 is 19.1 Å². The average molecular weight is 528 g/mol. The number of hydrogen-bond donors (Lipinski definition) is 0. The fourth-order valence-corrected chi connectivity index (χ4v) is 6.37. The Morgan fingerprint density at radius 2 is 1.44 bits per heavy atom. The topological polar surface area (TPSA) is 71.6 Å². The summed E-state index contributed by atoms with van der Waals surface area (Å²) in [4.78, 5) is 34.4. The number of methoxy groups -OCH3 is 3. The minimum atomic E-state index is -0.545. The van der Waals surface area contributed by atoms with E-state index in [9.17, 15) is 9.59 Å². The standard InChI is InChI=1S/C31H33N3O5/c1-37-25-11-7-6-10-24(25)32-14-16-33(17-15-32)31(36)28-22-18-26(38-2)27(39-3)19-23(22)30(35)34-13-12-20-8-4-5-9-21(20)29(28)34/h4-11,18-19,28-29H,12-17H2,1-3H3/t28-,29-/m1/s1. The van der Waals surface area contributed by atoms with Gasteiger partial charge in [0.25, 0.3) is 5.91 Å². The van der Waals surface area contributed by atoms with Gasteiger partial charge in [0, 0.05) is 38.3 Å². The molecule has 2 atom stereocenters. The summed E-state index contributed by atoms with van der Waals surface area (Å²) in [5, 5.41) is 0. The van der Waals surface area contributed by atoms with E-state index in [1.54, 1.807) is 27.4 Å². The molecule has 0 spiro atoms. The lowest BCUT2D eigenvalue weighted by molar-refractivity contribution is -0.135. The van der Waals surface area contributed by atoms with Gasteiger partial charge in [-0.15, -0.1) is 0 Å². The number of para-hydroxylation sites is 2. The predicted octanol–water partition coefficient (Wildman–Crippen LogP) is 3.90. The molecule has 0 radical (unpaired) electrons. The second kappa shape index (κ2) is 10.2. The summed E-state index contributed by atoms with van der Waals surface area (Å²) in [6.07, 6.45) is 0.763. The molecule has 0 aromatic heterocycles. The van der Waals surface area contributed by atoms with Gasteiger partial charge in [-0.1, -0.05) is 36.4 Å². The lowest BCUT2D eigenvalue weighted by Crippen LogP contribution is -2.54. The number of benzene rings is 3. The maximum absolute atomic E-state index is 14.5. The molecule has 8 heteroatoms. The monoisotopic (exact) mass is 527 g/mol. The number of carbonyl (C=O) groups excluding carboxylic acids is 2. The molecule has 1 saturated heterocycles. The highest BCUT2D eigenvalue weighted by molar-refractivity contribution is 6.02. The quantitative estimate of drug-likeness (QED) is 0.501. The molecule has 0 unspecified atom stereocenters. The van der Waals surface area contributed by atoms with Crippen molar-refractivity contribution < 1.29 is 23.8 Å². The maximum atomic E-state index is 14.5. The molecular formula is C31H33N3O5. The van der Waals surface area contributed by atoms with Crippen molar-refractivity contribution in [3.63, 3.8) is 0 Å². The van der Waals surface area contributed by atoms with E-state index < -0.39 is 5.92 Å². The van der Waals surface area contributed by atoms with Crippen LogP contribution in [0, 0.1) is 0 Å². The first-order valence-corrected chi connectivity index (χ1v) is 13.4. The van der Waals surface area contributed by atoms with Crippen LogP contribution in [0.3, 0.4) is 0 Å². The number of carbonyl (C=O) groups is 2. The van der Waals surface area contributed by atoms with Crippen molar-refractivity contribution in [2.75, 3.05) is 59.0 Å². The Morgan fingerprint density at radius 3 is 2.18 bits per heavy atom. The third kappa shape index (κ3) is 4.15. The summed E-state index contributed by atoms with van der Waals surface area (Å²) < 4.78 is 16.7. The van der Waals surface area contributed by atoms with E-state index in [0.29, 0.717) is 55.3 Å². The molecule has 39 heavy (non-hydrogen) atoms. The maximum Gasteiger partial charge on any atom is 0.254 e. The number of anilines is 1. The summed E-state index contributed by atoms with van der Waals surface area (Å²) in [5.74, 6) is 1.24. The molecule has 3 aliphatic heterocycles. The number of amides is 2.